The molecule has 0 aliphatic carbocycles. The number of ketones is 1. The van der Waals surface area contributed by atoms with Gasteiger partial charge in [0.2, 0.25) is 0 Å². The van der Waals surface area contributed by atoms with Gasteiger partial charge in [0.1, 0.15) is 11.3 Å². The molecular weight excluding hydrogens is 351 g/mol. The number of carbonyl (C=O) groups excluding carboxylic acids is 2. The van der Waals surface area contributed by atoms with Crippen molar-refractivity contribution in [3.8, 4) is 0 Å². The number of hydrogen-bond donors (Lipinski definition) is 2. The van der Waals surface area contributed by atoms with E-state index in [-0.39, 0.29) is 10.1 Å². The monoisotopic (exact) mass is 363 g/mol. The molecule has 0 unspecified atom stereocenters. The van der Waals surface area contributed by atoms with Crippen molar-refractivity contribution in [2.24, 2.45) is 5.73 Å². The molecule has 2 heterocycles. The first kappa shape index (κ1) is 17.5. The number of aromatic amines is 1. The van der Waals surface area contributed by atoms with E-state index in [0.29, 0.717) is 23.0 Å². The third-order valence-electron chi connectivity index (χ3n) is 3.92. The van der Waals surface area contributed by atoms with Crippen LogP contribution < -0.4 is 11.3 Å². The van der Waals surface area contributed by atoms with E-state index in [1.54, 1.807) is 24.3 Å². The summed E-state index contributed by atoms with van der Waals surface area (Å²) >= 11 is 0. The minimum absolute atomic E-state index is 0.144. The van der Waals surface area contributed by atoms with E-state index in [9.17, 15) is 27.6 Å². The van der Waals surface area contributed by atoms with Crippen molar-refractivity contribution in [3.63, 3.8) is 0 Å². The minimum atomic E-state index is -4.88. The fourth-order valence-corrected chi connectivity index (χ4v) is 2.70. The first-order valence-electron chi connectivity index (χ1n) is 7.40. The van der Waals surface area contributed by atoms with Crippen LogP contribution in [0, 0.1) is 0 Å². The van der Waals surface area contributed by atoms with Crippen LogP contribution in [0.5, 0.6) is 0 Å². The van der Waals surface area contributed by atoms with E-state index < -0.39 is 41.2 Å². The van der Waals surface area contributed by atoms with Crippen molar-refractivity contribution in [1.82, 2.24) is 9.55 Å². The first-order valence-corrected chi connectivity index (χ1v) is 7.40. The summed E-state index contributed by atoms with van der Waals surface area (Å²) in [6.45, 7) is -0.878. The number of rotatable bonds is 4. The summed E-state index contributed by atoms with van der Waals surface area (Å²) in [7, 11) is 0. The molecule has 0 aliphatic rings. The van der Waals surface area contributed by atoms with Gasteiger partial charge in [0.25, 0.3) is 11.5 Å². The Labute approximate surface area is 144 Å². The van der Waals surface area contributed by atoms with Crippen molar-refractivity contribution in [2.45, 2.75) is 12.7 Å². The number of hydrogen-bond acceptors (Lipinski definition) is 3. The Morgan fingerprint density at radius 1 is 1.08 bits per heavy atom. The fraction of sp³-hybridized carbons (Fsp3) is 0.118. The highest BCUT2D eigenvalue weighted by Crippen LogP contribution is 2.29. The molecule has 1 aromatic carbocycles. The number of H-pyrrole nitrogens is 1. The highest BCUT2D eigenvalue weighted by Gasteiger charge is 2.35. The first-order chi connectivity index (χ1) is 12.2. The molecule has 0 aliphatic heterocycles. The molecule has 134 valence electrons. The molecule has 0 radical (unpaired) electrons. The topological polar surface area (TPSA) is 97.9 Å². The minimum Gasteiger partial charge on any atom is -0.365 e. The molecule has 2 aromatic heterocycles. The average molecular weight is 363 g/mol. The lowest BCUT2D eigenvalue weighted by atomic mass is 10.1. The Balaban J connectivity index is 2.11. The summed E-state index contributed by atoms with van der Waals surface area (Å²) in [6, 6.07) is 8.01. The van der Waals surface area contributed by atoms with E-state index in [1.165, 1.54) is 6.20 Å². The van der Waals surface area contributed by atoms with Gasteiger partial charge in [0.15, 0.2) is 5.78 Å². The highest BCUT2D eigenvalue weighted by molar-refractivity contribution is 6.07. The number of para-hydroxylation sites is 1. The van der Waals surface area contributed by atoms with Crippen molar-refractivity contribution < 1.29 is 22.8 Å². The third-order valence-corrected chi connectivity index (χ3v) is 3.92. The number of carbonyl (C=O) groups is 2. The SMILES string of the molecule is NC(=O)c1ccc(C(F)(F)F)n(CC(=O)c2c[nH]c3ccccc23)c1=O. The number of nitrogens with two attached hydrogens (primary N) is 1. The van der Waals surface area contributed by atoms with E-state index in [2.05, 4.69) is 4.98 Å². The van der Waals surface area contributed by atoms with Gasteiger partial charge < -0.3 is 10.7 Å². The van der Waals surface area contributed by atoms with Crippen LogP contribution in [0.25, 0.3) is 10.9 Å². The van der Waals surface area contributed by atoms with Gasteiger partial charge in [0.05, 0.1) is 6.54 Å². The van der Waals surface area contributed by atoms with Gasteiger partial charge in [-0.2, -0.15) is 13.2 Å². The summed E-state index contributed by atoms with van der Waals surface area (Å²) in [4.78, 5) is 38.9. The summed E-state index contributed by atoms with van der Waals surface area (Å²) in [5.41, 5.74) is 2.58. The molecule has 26 heavy (non-hydrogen) atoms. The average Bonchev–Trinajstić information content (AvgIpc) is 2.99. The number of primary amides is 1. The summed E-state index contributed by atoms with van der Waals surface area (Å²) < 4.78 is 39.9. The Morgan fingerprint density at radius 3 is 2.42 bits per heavy atom. The van der Waals surface area contributed by atoms with Crippen molar-refractivity contribution in [2.75, 3.05) is 0 Å². The van der Waals surface area contributed by atoms with Crippen molar-refractivity contribution in [3.05, 3.63) is 69.8 Å². The molecule has 0 spiro atoms. The molecule has 0 atom stereocenters. The maximum atomic E-state index is 13.2. The predicted octanol–water partition coefficient (Wildman–Crippen LogP) is 2.33. The second kappa shape index (κ2) is 6.17. The number of benzene rings is 1. The van der Waals surface area contributed by atoms with Gasteiger partial charge >= 0.3 is 6.18 Å². The zero-order chi connectivity index (χ0) is 19.1. The number of aromatic nitrogens is 2. The second-order valence-electron chi connectivity index (χ2n) is 5.56. The Bertz CT molecular complexity index is 1080. The molecule has 0 saturated carbocycles. The van der Waals surface area contributed by atoms with Gasteiger partial charge in [-0.1, -0.05) is 18.2 Å². The molecule has 3 aromatic rings. The van der Waals surface area contributed by atoms with Crippen molar-refractivity contribution >= 4 is 22.6 Å². The van der Waals surface area contributed by atoms with Crippen LogP contribution in [-0.4, -0.2) is 21.2 Å². The van der Waals surface area contributed by atoms with Crippen molar-refractivity contribution in [1.29, 1.82) is 0 Å². The molecule has 6 nitrogen and oxygen atoms in total. The summed E-state index contributed by atoms with van der Waals surface area (Å²) in [5.74, 6) is -1.88. The highest BCUT2D eigenvalue weighted by atomic mass is 19.4. The van der Waals surface area contributed by atoms with Crippen LogP contribution in [0.15, 0.2) is 47.4 Å². The number of amides is 1. The standard InChI is InChI=1S/C17H12F3N3O3/c18-17(19,20)14-6-5-10(15(21)25)16(26)23(14)8-13(24)11-7-22-12-4-2-1-3-9(11)12/h1-7,22H,8H2,(H2,21,25). The van der Waals surface area contributed by atoms with Gasteiger partial charge in [-0.3, -0.25) is 19.0 Å². The predicted molar refractivity (Wildman–Crippen MR) is 86.9 cm³/mol. The van der Waals surface area contributed by atoms with Gasteiger partial charge in [0, 0.05) is 22.7 Å². The van der Waals surface area contributed by atoms with Crippen LogP contribution in [0.4, 0.5) is 13.2 Å². The van der Waals surface area contributed by atoms with Crippen LogP contribution in [0.3, 0.4) is 0 Å². The Morgan fingerprint density at radius 2 is 1.77 bits per heavy atom. The van der Waals surface area contributed by atoms with E-state index in [4.69, 9.17) is 5.73 Å². The van der Waals surface area contributed by atoms with Crippen LogP contribution in [-0.2, 0) is 12.7 Å². The van der Waals surface area contributed by atoms with Crippen LogP contribution in [0.1, 0.15) is 26.4 Å². The van der Waals surface area contributed by atoms with Gasteiger partial charge in [-0.15, -0.1) is 0 Å². The van der Waals surface area contributed by atoms with E-state index >= 15 is 0 Å². The molecule has 3 N–H and O–H groups in total. The third kappa shape index (κ3) is 2.99. The summed E-state index contributed by atoms with van der Waals surface area (Å²) in [6.07, 6.45) is -3.51. The lowest BCUT2D eigenvalue weighted by Gasteiger charge is -2.15. The fourth-order valence-electron chi connectivity index (χ4n) is 2.70. The van der Waals surface area contributed by atoms with E-state index in [0.717, 1.165) is 0 Å². The number of Topliss-reactive ketones (excluding diaryl/α,β-unsaturated/α-hetero) is 1. The number of halogens is 3. The number of nitrogens with one attached hydrogen (secondary N) is 1. The zero-order valence-electron chi connectivity index (χ0n) is 13.1. The Kier molecular flexibility index (Phi) is 4.15. The van der Waals surface area contributed by atoms with E-state index in [1.807, 2.05) is 0 Å². The molecule has 0 saturated heterocycles. The Hall–Kier alpha value is -3.36. The molecule has 3 rings (SSSR count). The molecule has 0 bridgehead atoms. The lowest BCUT2D eigenvalue weighted by molar-refractivity contribution is -0.144. The second-order valence-corrected chi connectivity index (χ2v) is 5.56. The number of nitrogens with zero attached hydrogens (tertiary/aromatic N) is 1. The largest absolute Gasteiger partial charge is 0.431 e. The molecular formula is C17H12F3N3O3. The molecule has 0 fully saturated rings. The molecule has 1 amide bonds. The maximum absolute atomic E-state index is 13.2. The normalized spacial score (nSPS) is 11.7. The van der Waals surface area contributed by atoms with Gasteiger partial charge in [-0.05, 0) is 18.2 Å². The van der Waals surface area contributed by atoms with Crippen LogP contribution >= 0.6 is 0 Å². The van der Waals surface area contributed by atoms with Gasteiger partial charge in [-0.25, -0.2) is 0 Å². The molecule has 9 heteroatoms. The smallest absolute Gasteiger partial charge is 0.365 e. The number of alkyl halides is 3. The number of fused-ring (bicyclic) bond motifs is 1. The maximum Gasteiger partial charge on any atom is 0.431 e. The summed E-state index contributed by atoms with van der Waals surface area (Å²) in [5, 5.41) is 0.519. The zero-order valence-corrected chi connectivity index (χ0v) is 13.1. The quantitative estimate of drug-likeness (QED) is 0.696. The number of pyridine rings is 1. The lowest BCUT2D eigenvalue weighted by Crippen LogP contribution is -2.35. The van der Waals surface area contributed by atoms with Crippen LogP contribution in [0.2, 0.25) is 0 Å².